The fourth-order valence-electron chi connectivity index (χ4n) is 2.52. The summed E-state index contributed by atoms with van der Waals surface area (Å²) in [4.78, 5) is 11.8. The average molecular weight is 479 g/mol. The van der Waals surface area contributed by atoms with E-state index < -0.39 is 5.91 Å². The van der Waals surface area contributed by atoms with Gasteiger partial charge in [-0.05, 0) is 61.1 Å². The predicted octanol–water partition coefficient (Wildman–Crippen LogP) is 5.24. The number of benzene rings is 2. The second kappa shape index (κ2) is 9.44. The summed E-state index contributed by atoms with van der Waals surface area (Å²) in [5.74, 6) is -0.402. The number of halogens is 2. The van der Waals surface area contributed by atoms with Gasteiger partial charge in [0.05, 0.1) is 26.2 Å². The van der Waals surface area contributed by atoms with Crippen LogP contribution in [0.4, 0.5) is 5.69 Å². The molecule has 0 bridgehead atoms. The second-order valence-electron chi connectivity index (χ2n) is 6.16. The van der Waals surface area contributed by atoms with E-state index in [0.29, 0.717) is 37.4 Å². The van der Waals surface area contributed by atoms with Crippen LogP contribution < -0.4 is 16.5 Å². The van der Waals surface area contributed by atoms with Gasteiger partial charge in [-0.25, -0.2) is 0 Å². The van der Waals surface area contributed by atoms with Gasteiger partial charge in [-0.1, -0.05) is 29.3 Å². The molecule has 1 heterocycles. The summed E-state index contributed by atoms with van der Waals surface area (Å²) < 4.78 is 0. The molecule has 0 aliphatic rings. The largest absolute Gasteiger partial charge is 0.506 e. The molecule has 154 valence electrons. The second-order valence-corrected chi connectivity index (χ2v) is 8.26. The average Bonchev–Trinajstić information content (AvgIpc) is 3.10. The molecule has 0 saturated carbocycles. The van der Waals surface area contributed by atoms with Crippen molar-refractivity contribution in [3.8, 4) is 16.2 Å². The summed E-state index contributed by atoms with van der Waals surface area (Å²) >= 11 is 18.6. The molecule has 2 aromatic carbocycles. The summed E-state index contributed by atoms with van der Waals surface area (Å²) in [5, 5.41) is 20.7. The van der Waals surface area contributed by atoms with Gasteiger partial charge < -0.3 is 16.2 Å². The molecule has 0 unspecified atom stereocenters. The van der Waals surface area contributed by atoms with Crippen LogP contribution in [0.2, 0.25) is 10.0 Å². The number of primary amides is 1. The van der Waals surface area contributed by atoms with E-state index in [1.165, 1.54) is 11.3 Å². The number of aromatic hydroxyl groups is 1. The first-order valence-corrected chi connectivity index (χ1v) is 10.6. The Balaban J connectivity index is 1.69. The van der Waals surface area contributed by atoms with Crippen LogP contribution in [-0.4, -0.2) is 21.8 Å². The zero-order valence-electron chi connectivity index (χ0n) is 15.6. The van der Waals surface area contributed by atoms with E-state index in [1.54, 1.807) is 54.8 Å². The van der Waals surface area contributed by atoms with Gasteiger partial charge in [0.15, 0.2) is 5.11 Å². The number of rotatable bonds is 5. The SMILES string of the molecule is C/C(=N\NC(=S)Nc1ccc(C(N)=O)cc1)c1csc(-c2ccc(Cl)c(Cl)c2)c1O. The number of hydrazone groups is 1. The molecule has 0 aliphatic carbocycles. The van der Waals surface area contributed by atoms with Crippen LogP contribution in [0.15, 0.2) is 52.9 Å². The molecule has 0 aliphatic heterocycles. The van der Waals surface area contributed by atoms with Crippen LogP contribution in [0, 0.1) is 0 Å². The molecule has 30 heavy (non-hydrogen) atoms. The Morgan fingerprint density at radius 1 is 1.17 bits per heavy atom. The van der Waals surface area contributed by atoms with Crippen LogP contribution in [0.25, 0.3) is 10.4 Å². The molecule has 3 aromatic rings. The molecule has 1 aromatic heterocycles. The summed E-state index contributed by atoms with van der Waals surface area (Å²) in [5.41, 5.74) is 10.9. The molecule has 0 spiro atoms. The first-order valence-electron chi connectivity index (χ1n) is 8.53. The van der Waals surface area contributed by atoms with Gasteiger partial charge in [0.25, 0.3) is 0 Å². The van der Waals surface area contributed by atoms with E-state index in [9.17, 15) is 9.90 Å². The Morgan fingerprint density at radius 2 is 1.87 bits per heavy atom. The van der Waals surface area contributed by atoms with Crippen molar-refractivity contribution >= 4 is 69.2 Å². The van der Waals surface area contributed by atoms with Gasteiger partial charge in [-0.15, -0.1) is 11.3 Å². The Hall–Kier alpha value is -2.65. The monoisotopic (exact) mass is 478 g/mol. The topological polar surface area (TPSA) is 99.7 Å². The highest BCUT2D eigenvalue weighted by molar-refractivity contribution is 7.80. The number of thiocarbonyl (C=S) groups is 1. The highest BCUT2D eigenvalue weighted by atomic mass is 35.5. The lowest BCUT2D eigenvalue weighted by molar-refractivity contribution is 0.100. The Kier molecular flexibility index (Phi) is 6.94. The third-order valence-corrected chi connectivity index (χ3v) is 6.04. The van der Waals surface area contributed by atoms with Crippen molar-refractivity contribution in [2.45, 2.75) is 6.92 Å². The standard InChI is InChI=1S/C20H16Cl2N4O2S2/c1-10(25-26-20(29)24-13-5-2-11(3-6-13)19(23)28)14-9-30-18(17(14)27)12-4-7-15(21)16(22)8-12/h2-9,27H,1H3,(H2,23,28)(H2,24,26,29)/b25-10+. The number of hydrogen-bond donors (Lipinski definition) is 4. The minimum Gasteiger partial charge on any atom is -0.506 e. The lowest BCUT2D eigenvalue weighted by atomic mass is 10.1. The summed E-state index contributed by atoms with van der Waals surface area (Å²) in [6.07, 6.45) is 0. The lowest BCUT2D eigenvalue weighted by Gasteiger charge is -2.08. The van der Waals surface area contributed by atoms with Crippen LogP contribution in [0.5, 0.6) is 5.75 Å². The van der Waals surface area contributed by atoms with Gasteiger partial charge in [0, 0.05) is 16.6 Å². The molecule has 1 amide bonds. The number of thiophene rings is 1. The Bertz CT molecular complexity index is 1140. The molecule has 0 atom stereocenters. The van der Waals surface area contributed by atoms with Gasteiger partial charge in [0.2, 0.25) is 5.91 Å². The fourth-order valence-corrected chi connectivity index (χ4v) is 3.99. The maximum atomic E-state index is 11.1. The van der Waals surface area contributed by atoms with Gasteiger partial charge in [-0.2, -0.15) is 5.10 Å². The number of anilines is 1. The molecular formula is C20H16Cl2N4O2S2. The van der Waals surface area contributed by atoms with E-state index in [1.807, 2.05) is 0 Å². The number of nitrogens with zero attached hydrogens (tertiary/aromatic N) is 1. The summed E-state index contributed by atoms with van der Waals surface area (Å²) in [6, 6.07) is 11.7. The molecular weight excluding hydrogens is 463 g/mol. The van der Waals surface area contributed by atoms with E-state index in [2.05, 4.69) is 15.8 Å². The number of nitrogens with one attached hydrogen (secondary N) is 2. The third-order valence-electron chi connectivity index (χ3n) is 4.09. The molecule has 3 rings (SSSR count). The number of nitrogens with two attached hydrogens (primary N) is 1. The smallest absolute Gasteiger partial charge is 0.248 e. The molecule has 6 nitrogen and oxygen atoms in total. The fraction of sp³-hybridized carbons (Fsp3) is 0.0500. The number of carbonyl (C=O) groups excluding carboxylic acids is 1. The zero-order valence-corrected chi connectivity index (χ0v) is 18.7. The van der Waals surface area contributed by atoms with Gasteiger partial charge in [-0.3, -0.25) is 10.2 Å². The molecule has 0 radical (unpaired) electrons. The van der Waals surface area contributed by atoms with E-state index >= 15 is 0 Å². The molecule has 0 saturated heterocycles. The number of carbonyl (C=O) groups is 1. The summed E-state index contributed by atoms with van der Waals surface area (Å²) in [6.45, 7) is 1.75. The third kappa shape index (κ3) is 5.09. The van der Waals surface area contributed by atoms with Crippen LogP contribution in [0.3, 0.4) is 0 Å². The van der Waals surface area contributed by atoms with Crippen LogP contribution >= 0.6 is 46.8 Å². The van der Waals surface area contributed by atoms with E-state index in [0.717, 1.165) is 5.56 Å². The summed E-state index contributed by atoms with van der Waals surface area (Å²) in [7, 11) is 0. The first-order chi connectivity index (χ1) is 14.3. The van der Waals surface area contributed by atoms with Gasteiger partial charge in [0.1, 0.15) is 5.75 Å². The van der Waals surface area contributed by atoms with Crippen molar-refractivity contribution in [3.05, 3.63) is 69.0 Å². The van der Waals surface area contributed by atoms with Crippen molar-refractivity contribution in [2.24, 2.45) is 10.8 Å². The first kappa shape index (κ1) is 22.0. The van der Waals surface area contributed by atoms with Crippen molar-refractivity contribution < 1.29 is 9.90 Å². The predicted molar refractivity (Wildman–Crippen MR) is 128 cm³/mol. The van der Waals surface area contributed by atoms with Crippen molar-refractivity contribution in [2.75, 3.05) is 5.32 Å². The zero-order chi connectivity index (χ0) is 21.8. The van der Waals surface area contributed by atoms with Gasteiger partial charge >= 0.3 is 0 Å². The number of amides is 1. The quantitative estimate of drug-likeness (QED) is 0.228. The highest BCUT2D eigenvalue weighted by Gasteiger charge is 2.15. The lowest BCUT2D eigenvalue weighted by Crippen LogP contribution is -2.25. The van der Waals surface area contributed by atoms with Crippen molar-refractivity contribution in [3.63, 3.8) is 0 Å². The van der Waals surface area contributed by atoms with Crippen molar-refractivity contribution in [1.29, 1.82) is 0 Å². The maximum Gasteiger partial charge on any atom is 0.248 e. The van der Waals surface area contributed by atoms with Crippen LogP contribution in [0.1, 0.15) is 22.8 Å². The van der Waals surface area contributed by atoms with Crippen LogP contribution in [-0.2, 0) is 0 Å². The minimum atomic E-state index is -0.502. The minimum absolute atomic E-state index is 0.0994. The Morgan fingerprint density at radius 3 is 2.50 bits per heavy atom. The molecule has 10 heteroatoms. The maximum absolute atomic E-state index is 11.1. The van der Waals surface area contributed by atoms with E-state index in [-0.39, 0.29) is 10.9 Å². The molecule has 0 fully saturated rings. The molecule has 5 N–H and O–H groups in total. The van der Waals surface area contributed by atoms with Crippen molar-refractivity contribution in [1.82, 2.24) is 5.43 Å². The van der Waals surface area contributed by atoms with E-state index in [4.69, 9.17) is 41.2 Å². The normalized spacial score (nSPS) is 11.2. The number of hydrogen-bond acceptors (Lipinski definition) is 5. The Labute approximate surface area is 192 Å². The highest BCUT2D eigenvalue weighted by Crippen LogP contribution is 2.40.